The highest BCUT2D eigenvalue weighted by atomic mass is 16.5. The number of hydrogen-bond acceptors (Lipinski definition) is 5. The number of hydrogen-bond donors (Lipinski definition) is 3. The number of hydrazone groups is 1. The van der Waals surface area contributed by atoms with Crippen molar-refractivity contribution in [2.45, 2.75) is 0 Å². The Morgan fingerprint density at radius 2 is 2.09 bits per heavy atom. The summed E-state index contributed by atoms with van der Waals surface area (Å²) in [7, 11) is 5.41. The van der Waals surface area contributed by atoms with Gasteiger partial charge in [0.15, 0.2) is 7.85 Å². The zero-order valence-corrected chi connectivity index (χ0v) is 11.9. The van der Waals surface area contributed by atoms with Gasteiger partial charge in [-0.3, -0.25) is 14.8 Å². The molecule has 0 fully saturated rings. The largest absolute Gasteiger partial charge is 0.472 e. The molecule has 0 spiro atoms. The van der Waals surface area contributed by atoms with E-state index in [-0.39, 0.29) is 5.66 Å². The van der Waals surface area contributed by atoms with Crippen LogP contribution in [-0.2, 0) is 4.79 Å². The number of rotatable bonds is 5. The van der Waals surface area contributed by atoms with Crippen LogP contribution >= 0.6 is 0 Å². The second-order valence-electron chi connectivity index (χ2n) is 4.37. The van der Waals surface area contributed by atoms with Gasteiger partial charge in [-0.25, -0.2) is 10.9 Å². The molecular weight excluding hydrogens is 297 g/mol. The first kappa shape index (κ1) is 16.2. The summed E-state index contributed by atoms with van der Waals surface area (Å²) in [4.78, 5) is 22.9. The Balaban J connectivity index is 2.00. The molecule has 0 saturated carbocycles. The number of nitrogens with one attached hydrogen (secondary N) is 2. The summed E-state index contributed by atoms with van der Waals surface area (Å²) < 4.78 is 5.06. The lowest BCUT2D eigenvalue weighted by molar-refractivity contribution is -0.124. The molecule has 2 amide bonds. The van der Waals surface area contributed by atoms with Gasteiger partial charge in [-0.1, -0.05) is 12.1 Å². The number of carbonyl (C=O) groups excluding carboxylic acids is 2. The summed E-state index contributed by atoms with van der Waals surface area (Å²) in [5.41, 5.74) is 5.05. The van der Waals surface area contributed by atoms with Gasteiger partial charge in [0, 0.05) is 17.3 Å². The molecule has 1 aromatic carbocycles. The Hall–Kier alpha value is -3.13. The summed E-state index contributed by atoms with van der Waals surface area (Å²) >= 11 is 0. The van der Waals surface area contributed by atoms with Gasteiger partial charge in [-0.05, 0) is 35.9 Å². The minimum atomic E-state index is -0.665. The van der Waals surface area contributed by atoms with Crippen LogP contribution in [0.3, 0.4) is 0 Å². The predicted octanol–water partition coefficient (Wildman–Crippen LogP) is 0.356. The van der Waals surface area contributed by atoms with E-state index in [1.54, 1.807) is 36.4 Å². The SMILES string of the molecule is [B]c1ccc(/C=N/NC(=O)c2cccc(/C=C/C(=O)NO)c2)o1. The highest BCUT2D eigenvalue weighted by molar-refractivity contribution is 6.29. The van der Waals surface area contributed by atoms with Gasteiger partial charge < -0.3 is 4.42 Å². The average Bonchev–Trinajstić information content (AvgIpc) is 2.98. The van der Waals surface area contributed by atoms with E-state index in [4.69, 9.17) is 17.5 Å². The van der Waals surface area contributed by atoms with E-state index in [1.807, 2.05) is 0 Å². The molecule has 2 aromatic rings. The number of nitrogens with zero attached hydrogens (tertiary/aromatic N) is 1. The molecule has 0 saturated heterocycles. The minimum Gasteiger partial charge on any atom is -0.472 e. The van der Waals surface area contributed by atoms with E-state index in [0.717, 1.165) is 6.08 Å². The smallest absolute Gasteiger partial charge is 0.271 e. The summed E-state index contributed by atoms with van der Waals surface area (Å²) in [6, 6.07) is 9.70. The van der Waals surface area contributed by atoms with Gasteiger partial charge in [-0.15, -0.1) is 0 Å². The van der Waals surface area contributed by atoms with E-state index in [2.05, 4.69) is 10.5 Å². The minimum absolute atomic E-state index is 0.254. The van der Waals surface area contributed by atoms with Crippen molar-refractivity contribution in [2.24, 2.45) is 5.10 Å². The molecule has 0 atom stereocenters. The molecule has 0 aliphatic heterocycles. The maximum Gasteiger partial charge on any atom is 0.271 e. The van der Waals surface area contributed by atoms with E-state index < -0.39 is 11.8 Å². The normalized spacial score (nSPS) is 11.0. The van der Waals surface area contributed by atoms with Crippen LogP contribution in [0.2, 0.25) is 0 Å². The van der Waals surface area contributed by atoms with Crippen molar-refractivity contribution >= 4 is 37.6 Å². The highest BCUT2D eigenvalue weighted by Crippen LogP contribution is 2.07. The van der Waals surface area contributed by atoms with Crippen LogP contribution in [0.4, 0.5) is 0 Å². The van der Waals surface area contributed by atoms with Crippen LogP contribution in [0.15, 0.2) is 52.0 Å². The Bertz CT molecular complexity index is 768. The second kappa shape index (κ2) is 7.76. The van der Waals surface area contributed by atoms with Crippen molar-refractivity contribution in [1.82, 2.24) is 10.9 Å². The summed E-state index contributed by atoms with van der Waals surface area (Å²) in [5, 5.41) is 12.2. The molecule has 0 unspecified atom stereocenters. The van der Waals surface area contributed by atoms with Crippen molar-refractivity contribution in [3.05, 3.63) is 59.4 Å². The molecule has 114 valence electrons. The molecule has 0 bridgehead atoms. The fourth-order valence-corrected chi connectivity index (χ4v) is 1.65. The molecule has 1 heterocycles. The number of benzene rings is 1. The van der Waals surface area contributed by atoms with E-state index in [0.29, 0.717) is 16.9 Å². The lowest BCUT2D eigenvalue weighted by Crippen LogP contribution is -2.17. The van der Waals surface area contributed by atoms with Crippen LogP contribution in [0.25, 0.3) is 6.08 Å². The van der Waals surface area contributed by atoms with E-state index in [1.165, 1.54) is 17.8 Å². The highest BCUT2D eigenvalue weighted by Gasteiger charge is 2.04. The number of furan rings is 1. The van der Waals surface area contributed by atoms with Crippen LogP contribution < -0.4 is 16.6 Å². The van der Waals surface area contributed by atoms with Crippen molar-refractivity contribution in [3.8, 4) is 0 Å². The maximum absolute atomic E-state index is 12.0. The molecule has 0 aliphatic carbocycles. The van der Waals surface area contributed by atoms with Crippen LogP contribution in [0.1, 0.15) is 21.7 Å². The Morgan fingerprint density at radius 1 is 1.26 bits per heavy atom. The standard InChI is InChI=1S/C15H12BN3O4/c16-13-6-5-12(23-13)9-17-18-15(21)11-3-1-2-10(8-11)4-7-14(20)19-22/h1-9,22H,(H,18,21)(H,19,20)/b7-4+,17-9+. The molecule has 2 radical (unpaired) electrons. The van der Waals surface area contributed by atoms with Crippen LogP contribution in [-0.4, -0.2) is 31.1 Å². The summed E-state index contributed by atoms with van der Waals surface area (Å²) in [5.74, 6) is -0.681. The third-order valence-corrected chi connectivity index (χ3v) is 2.69. The number of carbonyl (C=O) groups is 2. The van der Waals surface area contributed by atoms with Gasteiger partial charge in [0.2, 0.25) is 0 Å². The topological polar surface area (TPSA) is 104 Å². The molecule has 2 rings (SSSR count). The first-order chi connectivity index (χ1) is 11.1. The zero-order valence-electron chi connectivity index (χ0n) is 11.9. The lowest BCUT2D eigenvalue weighted by atomic mass is 10.1. The summed E-state index contributed by atoms with van der Waals surface area (Å²) in [6.07, 6.45) is 3.91. The van der Waals surface area contributed by atoms with Crippen molar-refractivity contribution in [2.75, 3.05) is 0 Å². The molecule has 23 heavy (non-hydrogen) atoms. The Morgan fingerprint density at radius 3 is 2.78 bits per heavy atom. The first-order valence-corrected chi connectivity index (χ1v) is 6.49. The molecule has 0 aliphatic rings. The molecule has 8 heteroatoms. The fraction of sp³-hybridized carbons (Fsp3) is 0. The van der Waals surface area contributed by atoms with Crippen molar-refractivity contribution in [1.29, 1.82) is 0 Å². The lowest BCUT2D eigenvalue weighted by Gasteiger charge is -2.01. The maximum atomic E-state index is 12.0. The predicted molar refractivity (Wildman–Crippen MR) is 84.6 cm³/mol. The van der Waals surface area contributed by atoms with E-state index in [9.17, 15) is 9.59 Å². The average molecular weight is 309 g/mol. The number of hydroxylamine groups is 1. The molecule has 3 N–H and O–H groups in total. The third-order valence-electron chi connectivity index (χ3n) is 2.69. The van der Waals surface area contributed by atoms with Crippen molar-refractivity contribution in [3.63, 3.8) is 0 Å². The van der Waals surface area contributed by atoms with Gasteiger partial charge in [0.1, 0.15) is 5.76 Å². The first-order valence-electron chi connectivity index (χ1n) is 6.49. The Kier molecular flexibility index (Phi) is 5.48. The van der Waals surface area contributed by atoms with Gasteiger partial charge >= 0.3 is 0 Å². The summed E-state index contributed by atoms with van der Waals surface area (Å²) in [6.45, 7) is 0. The van der Waals surface area contributed by atoms with E-state index >= 15 is 0 Å². The van der Waals surface area contributed by atoms with Gasteiger partial charge in [-0.2, -0.15) is 5.10 Å². The molecular formula is C15H12BN3O4. The fourth-order valence-electron chi connectivity index (χ4n) is 1.65. The number of amides is 2. The molecule has 7 nitrogen and oxygen atoms in total. The van der Waals surface area contributed by atoms with Crippen molar-refractivity contribution < 1.29 is 19.2 Å². The monoisotopic (exact) mass is 309 g/mol. The Labute approximate surface area is 133 Å². The third kappa shape index (κ3) is 4.97. The molecule has 1 aromatic heterocycles. The van der Waals surface area contributed by atoms with Crippen LogP contribution in [0, 0.1) is 0 Å². The van der Waals surface area contributed by atoms with Crippen LogP contribution in [0.5, 0.6) is 0 Å². The van der Waals surface area contributed by atoms with Gasteiger partial charge in [0.05, 0.1) is 6.21 Å². The zero-order chi connectivity index (χ0) is 16.7. The van der Waals surface area contributed by atoms with Gasteiger partial charge in [0.25, 0.3) is 11.8 Å². The quantitative estimate of drug-likeness (QED) is 0.244. The second-order valence-corrected chi connectivity index (χ2v) is 4.37.